The minimum atomic E-state index is -4.03. The van der Waals surface area contributed by atoms with Gasteiger partial charge in [0.2, 0.25) is 10.0 Å². The van der Waals surface area contributed by atoms with Crippen molar-refractivity contribution < 1.29 is 37.3 Å². The molecule has 0 radical (unpaired) electrons. The number of aliphatic hydroxyl groups is 1. The van der Waals surface area contributed by atoms with Gasteiger partial charge in [0.1, 0.15) is 11.9 Å². The Balaban J connectivity index is 1.56. The molecule has 44 heavy (non-hydrogen) atoms. The van der Waals surface area contributed by atoms with Crippen molar-refractivity contribution in [1.82, 2.24) is 14.5 Å². The van der Waals surface area contributed by atoms with Crippen LogP contribution in [-0.2, 0) is 30.7 Å². The van der Waals surface area contributed by atoms with Gasteiger partial charge in [-0.2, -0.15) is 4.31 Å². The summed E-state index contributed by atoms with van der Waals surface area (Å²) in [5, 5.41) is 14.5. The molecule has 0 spiro atoms. The first kappa shape index (κ1) is 34.1. The van der Waals surface area contributed by atoms with E-state index in [-0.39, 0.29) is 43.2 Å². The number of carbonyl (C=O) groups excluding carboxylic acids is 1. The average Bonchev–Trinajstić information content (AvgIpc) is 3.61. The maximum atomic E-state index is 14.0. The van der Waals surface area contributed by atoms with Gasteiger partial charge in [-0.05, 0) is 75.1 Å². The van der Waals surface area contributed by atoms with E-state index in [0.29, 0.717) is 12.4 Å². The number of alkyl carbamates (subject to hydrolysis) is 1. The Kier molecular flexibility index (Phi) is 11.7. The van der Waals surface area contributed by atoms with Crippen molar-refractivity contribution in [2.24, 2.45) is 11.3 Å². The summed E-state index contributed by atoms with van der Waals surface area (Å²) in [6.07, 6.45) is -1.02. The van der Waals surface area contributed by atoms with Crippen LogP contribution in [0.25, 0.3) is 0 Å². The zero-order chi connectivity index (χ0) is 31.9. The number of fused-ring (bicyclic) bond motifs is 1. The Bertz CT molecular complexity index is 1310. The van der Waals surface area contributed by atoms with Gasteiger partial charge in [-0.3, -0.25) is 0 Å². The number of benzene rings is 2. The average molecular weight is 634 g/mol. The lowest BCUT2D eigenvalue weighted by molar-refractivity contribution is -0.0907. The number of hydrogen-bond acceptors (Lipinski definition) is 9. The number of carbonyl (C=O) groups is 1. The molecular formula is C32H47N3O8S. The minimum absolute atomic E-state index is 0.0345. The summed E-state index contributed by atoms with van der Waals surface area (Å²) in [5.74, 6) is 0.503. The molecule has 0 saturated carbocycles. The Labute approximate surface area is 261 Å². The molecule has 2 aliphatic rings. The number of hydrogen-bond donors (Lipinski definition) is 2. The largest absolute Gasteiger partial charge is 0.497 e. The van der Waals surface area contributed by atoms with E-state index >= 15 is 0 Å². The third kappa shape index (κ3) is 9.15. The zero-order valence-electron chi connectivity index (χ0n) is 26.3. The number of methoxy groups -OCH3 is 1. The second kappa shape index (κ2) is 15.0. The van der Waals surface area contributed by atoms with Crippen LogP contribution in [0.3, 0.4) is 0 Å². The van der Waals surface area contributed by atoms with Gasteiger partial charge < -0.3 is 34.3 Å². The van der Waals surface area contributed by atoms with E-state index in [4.69, 9.17) is 18.9 Å². The summed E-state index contributed by atoms with van der Waals surface area (Å²) in [7, 11) is 1.44. The highest BCUT2D eigenvalue weighted by molar-refractivity contribution is 7.89. The predicted octanol–water partition coefficient (Wildman–Crippen LogP) is 3.12. The molecule has 0 aromatic heterocycles. The fourth-order valence-corrected chi connectivity index (χ4v) is 7.23. The molecule has 4 rings (SSSR count). The van der Waals surface area contributed by atoms with Crippen molar-refractivity contribution in [2.45, 2.75) is 62.5 Å². The summed E-state index contributed by atoms with van der Waals surface area (Å²) in [6, 6.07) is 14.8. The highest BCUT2D eigenvalue weighted by Gasteiger charge is 2.44. The third-order valence-electron chi connectivity index (χ3n) is 8.24. The van der Waals surface area contributed by atoms with Crippen molar-refractivity contribution in [1.29, 1.82) is 0 Å². The lowest BCUT2D eigenvalue weighted by Gasteiger charge is -2.35. The monoisotopic (exact) mass is 633 g/mol. The number of rotatable bonds is 15. The fraction of sp³-hybridized carbons (Fsp3) is 0.594. The Morgan fingerprint density at radius 1 is 1.11 bits per heavy atom. The second-order valence-corrected chi connectivity index (χ2v) is 14.6. The van der Waals surface area contributed by atoms with Crippen molar-refractivity contribution in [3.05, 3.63) is 60.2 Å². The molecule has 2 fully saturated rings. The molecular weight excluding hydrogens is 586 g/mol. The van der Waals surface area contributed by atoms with Crippen LogP contribution in [0.2, 0.25) is 0 Å². The molecule has 12 heteroatoms. The fourth-order valence-electron chi connectivity index (χ4n) is 5.58. The highest BCUT2D eigenvalue weighted by atomic mass is 32.2. The van der Waals surface area contributed by atoms with Crippen LogP contribution in [-0.4, -0.2) is 107 Å². The van der Waals surface area contributed by atoms with Crippen molar-refractivity contribution >= 4 is 16.1 Å². The van der Waals surface area contributed by atoms with E-state index in [1.54, 1.807) is 12.1 Å². The van der Waals surface area contributed by atoms with Gasteiger partial charge in [0.25, 0.3) is 0 Å². The number of sulfonamides is 1. The molecule has 2 aromatic rings. The summed E-state index contributed by atoms with van der Waals surface area (Å²) >= 11 is 0. The predicted molar refractivity (Wildman–Crippen MR) is 166 cm³/mol. The maximum Gasteiger partial charge on any atom is 0.407 e. The normalized spacial score (nSPS) is 21.7. The highest BCUT2D eigenvalue weighted by Crippen LogP contribution is 2.33. The summed E-state index contributed by atoms with van der Waals surface area (Å²) < 4.78 is 51.5. The number of nitrogens with zero attached hydrogens (tertiary/aromatic N) is 2. The molecule has 5 atom stereocenters. The maximum absolute atomic E-state index is 14.0. The van der Waals surface area contributed by atoms with Crippen LogP contribution in [0, 0.1) is 11.3 Å². The van der Waals surface area contributed by atoms with Gasteiger partial charge in [-0.25, -0.2) is 13.2 Å². The van der Waals surface area contributed by atoms with Crippen LogP contribution in [0.5, 0.6) is 5.75 Å². The topological polar surface area (TPSA) is 127 Å². The molecule has 2 saturated heterocycles. The first-order valence-electron chi connectivity index (χ1n) is 15.1. The quantitative estimate of drug-likeness (QED) is 0.304. The number of nitrogens with one attached hydrogen (secondary N) is 1. The van der Waals surface area contributed by atoms with E-state index in [0.717, 1.165) is 24.9 Å². The smallest absolute Gasteiger partial charge is 0.407 e. The van der Waals surface area contributed by atoms with Gasteiger partial charge in [-0.15, -0.1) is 0 Å². The number of ether oxygens (including phenoxy) is 4. The van der Waals surface area contributed by atoms with Crippen LogP contribution >= 0.6 is 0 Å². The van der Waals surface area contributed by atoms with E-state index in [1.807, 2.05) is 58.3 Å². The van der Waals surface area contributed by atoms with E-state index in [9.17, 15) is 18.3 Å². The van der Waals surface area contributed by atoms with Gasteiger partial charge in [0.15, 0.2) is 6.29 Å². The number of amides is 1. The van der Waals surface area contributed by atoms with Gasteiger partial charge in [0.05, 0.1) is 43.3 Å². The Morgan fingerprint density at radius 2 is 1.82 bits per heavy atom. The Morgan fingerprint density at radius 3 is 2.48 bits per heavy atom. The van der Waals surface area contributed by atoms with Crippen LogP contribution < -0.4 is 10.1 Å². The second-order valence-electron chi connectivity index (χ2n) is 12.7. The molecule has 2 heterocycles. The standard InChI is InChI=1S/C32H47N3O8S/c1-32(2,16-17-34(3)4)22-35(44(38,39)25-13-11-24(40-5)12-14-25)20-28(36)27(19-23-9-7-6-8-10-23)33-31(37)43-29-21-42-30-26(29)15-18-41-30/h6-14,26-30,36H,15-22H2,1-5H3,(H,33,37)/t26-,27+,28+,29-,30+/m1/s1. The van der Waals surface area contributed by atoms with Crippen molar-refractivity contribution in [2.75, 3.05) is 54.1 Å². The Hall–Kier alpha value is -2.74. The molecule has 0 bridgehead atoms. The van der Waals surface area contributed by atoms with Crippen LogP contribution in [0.4, 0.5) is 4.79 Å². The zero-order valence-corrected chi connectivity index (χ0v) is 27.2. The molecule has 1 amide bonds. The summed E-state index contributed by atoms with van der Waals surface area (Å²) in [5.41, 5.74) is 0.467. The molecule has 2 aliphatic heterocycles. The van der Waals surface area contributed by atoms with Gasteiger partial charge in [-0.1, -0.05) is 44.2 Å². The summed E-state index contributed by atoms with van der Waals surface area (Å²) in [4.78, 5) is 15.3. The van der Waals surface area contributed by atoms with Crippen LogP contribution in [0.1, 0.15) is 32.3 Å². The van der Waals surface area contributed by atoms with Crippen molar-refractivity contribution in [3.63, 3.8) is 0 Å². The minimum Gasteiger partial charge on any atom is -0.497 e. The molecule has 11 nitrogen and oxygen atoms in total. The lowest BCUT2D eigenvalue weighted by atomic mass is 9.89. The molecule has 2 N–H and O–H groups in total. The SMILES string of the molecule is COc1ccc(S(=O)(=O)N(C[C@H](O)[C@H](Cc2ccccc2)NC(=O)O[C@@H]2CO[C@@H]3OCC[C@@H]32)CC(C)(C)CCN(C)C)cc1. The lowest BCUT2D eigenvalue weighted by Crippen LogP contribution is -2.52. The molecule has 2 aromatic carbocycles. The molecule has 0 unspecified atom stereocenters. The molecule has 244 valence electrons. The number of aliphatic hydroxyl groups excluding tert-OH is 1. The first-order valence-corrected chi connectivity index (χ1v) is 16.5. The molecule has 0 aliphatic carbocycles. The first-order chi connectivity index (χ1) is 20.9. The third-order valence-corrected chi connectivity index (χ3v) is 10.1. The van der Waals surface area contributed by atoms with Crippen LogP contribution in [0.15, 0.2) is 59.5 Å². The van der Waals surface area contributed by atoms with E-state index in [1.165, 1.54) is 23.5 Å². The summed E-state index contributed by atoms with van der Waals surface area (Å²) in [6.45, 7) is 5.52. The van der Waals surface area contributed by atoms with Crippen molar-refractivity contribution in [3.8, 4) is 5.75 Å². The van der Waals surface area contributed by atoms with E-state index < -0.39 is 39.8 Å². The van der Waals surface area contributed by atoms with Gasteiger partial charge in [0, 0.05) is 13.1 Å². The van der Waals surface area contributed by atoms with E-state index in [2.05, 4.69) is 10.2 Å². The van der Waals surface area contributed by atoms with Gasteiger partial charge >= 0.3 is 6.09 Å².